The van der Waals surface area contributed by atoms with Gasteiger partial charge in [-0.05, 0) is 23.8 Å². The van der Waals surface area contributed by atoms with E-state index in [1.165, 1.54) is 0 Å². The summed E-state index contributed by atoms with van der Waals surface area (Å²) < 4.78 is 6.29. The van der Waals surface area contributed by atoms with Gasteiger partial charge in [-0.1, -0.05) is 88.7 Å². The predicted octanol–water partition coefficient (Wildman–Crippen LogP) is 5.96. The van der Waals surface area contributed by atoms with Gasteiger partial charge in [0.25, 0.3) is 0 Å². The van der Waals surface area contributed by atoms with Gasteiger partial charge in [0.2, 0.25) is 5.78 Å². The second kappa shape index (κ2) is 7.79. The van der Waals surface area contributed by atoms with Gasteiger partial charge in [-0.15, -0.1) is 0 Å². The molecule has 0 aliphatic heterocycles. The highest BCUT2D eigenvalue weighted by Crippen LogP contribution is 2.27. The van der Waals surface area contributed by atoms with Crippen LogP contribution in [-0.2, 0) is 0 Å². The third kappa shape index (κ3) is 3.59. The molecule has 0 spiro atoms. The lowest BCUT2D eigenvalue weighted by Crippen LogP contribution is -2.17. The van der Waals surface area contributed by atoms with Crippen molar-refractivity contribution in [1.29, 1.82) is 0 Å². The second-order valence-electron chi connectivity index (χ2n) is 6.26. The molecule has 4 aromatic rings. The van der Waals surface area contributed by atoms with Crippen LogP contribution in [0.5, 0.6) is 0 Å². The average Bonchev–Trinajstić information content (AvgIpc) is 2.73. The largest absolute Gasteiger partial charge is 0.422 e. The molecule has 3 aromatic carbocycles. The maximum Gasteiger partial charge on any atom is 0.348 e. The van der Waals surface area contributed by atoms with Gasteiger partial charge in [-0.2, -0.15) is 0 Å². The van der Waals surface area contributed by atoms with E-state index < -0.39 is 5.63 Å². The quantitative estimate of drug-likeness (QED) is 0.296. The Balaban J connectivity index is 1.98. The van der Waals surface area contributed by atoms with Crippen molar-refractivity contribution in [3.63, 3.8) is 0 Å². The van der Waals surface area contributed by atoms with Gasteiger partial charge in [0, 0.05) is 21.0 Å². The number of ketones is 1. The lowest BCUT2D eigenvalue weighted by Gasteiger charge is -2.08. The van der Waals surface area contributed by atoms with Gasteiger partial charge in [-0.25, -0.2) is 4.79 Å². The zero-order valence-electron chi connectivity index (χ0n) is 14.8. The molecule has 28 heavy (non-hydrogen) atoms. The molecule has 0 saturated heterocycles. The van der Waals surface area contributed by atoms with E-state index in [1.807, 2.05) is 48.5 Å². The Bertz CT molecular complexity index is 1240. The first-order valence-electron chi connectivity index (χ1n) is 8.73. The Hall–Kier alpha value is -3.24. The third-order valence-electron chi connectivity index (χ3n) is 4.41. The fraction of sp³-hybridized carbons (Fsp3) is 0. The van der Waals surface area contributed by atoms with E-state index in [1.54, 1.807) is 42.5 Å². The van der Waals surface area contributed by atoms with Crippen molar-refractivity contribution in [3.05, 3.63) is 116 Å². The first kappa shape index (κ1) is 18.1. The van der Waals surface area contributed by atoms with Gasteiger partial charge in [0.05, 0.1) is 0 Å². The Morgan fingerprint density at radius 3 is 2.25 bits per heavy atom. The molecular weight excluding hydrogens is 416 g/mol. The number of carbonyl (C=O) groups excluding carboxylic acids is 1. The van der Waals surface area contributed by atoms with Crippen molar-refractivity contribution in [2.24, 2.45) is 0 Å². The summed E-state index contributed by atoms with van der Waals surface area (Å²) in [4.78, 5) is 25.9. The Labute approximate surface area is 170 Å². The van der Waals surface area contributed by atoms with Gasteiger partial charge in [0.15, 0.2) is 0 Å². The molecule has 3 nitrogen and oxygen atoms in total. The van der Waals surface area contributed by atoms with Crippen LogP contribution in [0.3, 0.4) is 0 Å². The zero-order chi connectivity index (χ0) is 19.5. The smallest absolute Gasteiger partial charge is 0.348 e. The molecule has 0 aliphatic rings. The number of benzene rings is 3. The van der Waals surface area contributed by atoms with Crippen LogP contribution >= 0.6 is 15.9 Å². The average molecular weight is 431 g/mol. The normalized spacial score (nSPS) is 11.2. The van der Waals surface area contributed by atoms with Crippen LogP contribution < -0.4 is 5.63 Å². The maximum atomic E-state index is 13.1. The summed E-state index contributed by atoms with van der Waals surface area (Å²) in [5, 5.41) is 0.695. The summed E-state index contributed by atoms with van der Waals surface area (Å²) >= 11 is 3.46. The van der Waals surface area contributed by atoms with Crippen LogP contribution in [0, 0.1) is 0 Å². The van der Waals surface area contributed by atoms with Crippen LogP contribution in [0.2, 0.25) is 0 Å². The Morgan fingerprint density at radius 1 is 0.857 bits per heavy atom. The maximum absolute atomic E-state index is 13.1. The molecule has 0 bridgehead atoms. The SMILES string of the molecule is O=C(c1ccccc1)c1c(/C=C/c2ccccc2)c2cc(Br)ccc2oc1=O. The molecule has 0 fully saturated rings. The highest BCUT2D eigenvalue weighted by Gasteiger charge is 2.21. The molecule has 0 unspecified atom stereocenters. The summed E-state index contributed by atoms with van der Waals surface area (Å²) in [5.74, 6) is -0.357. The van der Waals surface area contributed by atoms with Crippen molar-refractivity contribution in [1.82, 2.24) is 0 Å². The second-order valence-corrected chi connectivity index (χ2v) is 7.17. The summed E-state index contributed by atoms with van der Waals surface area (Å²) in [6.45, 7) is 0. The van der Waals surface area contributed by atoms with Gasteiger partial charge >= 0.3 is 5.63 Å². The summed E-state index contributed by atoms with van der Waals surface area (Å²) in [5.41, 5.74) is 1.78. The van der Waals surface area contributed by atoms with Crippen LogP contribution in [0.15, 0.2) is 92.5 Å². The third-order valence-corrected chi connectivity index (χ3v) is 4.91. The van der Waals surface area contributed by atoms with Gasteiger partial charge in [0.1, 0.15) is 11.1 Å². The van der Waals surface area contributed by atoms with E-state index in [9.17, 15) is 9.59 Å². The zero-order valence-corrected chi connectivity index (χ0v) is 16.3. The number of fused-ring (bicyclic) bond motifs is 1. The molecule has 4 heteroatoms. The van der Waals surface area contributed by atoms with Crippen molar-refractivity contribution in [2.75, 3.05) is 0 Å². The lowest BCUT2D eigenvalue weighted by molar-refractivity contribution is 0.103. The topological polar surface area (TPSA) is 47.3 Å². The number of carbonyl (C=O) groups is 1. The highest BCUT2D eigenvalue weighted by molar-refractivity contribution is 9.10. The first-order chi connectivity index (χ1) is 13.6. The van der Waals surface area contributed by atoms with E-state index in [2.05, 4.69) is 15.9 Å². The predicted molar refractivity (Wildman–Crippen MR) is 115 cm³/mol. The minimum atomic E-state index is -0.642. The van der Waals surface area contributed by atoms with E-state index in [0.717, 1.165) is 10.0 Å². The monoisotopic (exact) mass is 430 g/mol. The van der Waals surface area contributed by atoms with Crippen molar-refractivity contribution < 1.29 is 9.21 Å². The van der Waals surface area contributed by atoms with E-state index >= 15 is 0 Å². The molecule has 136 valence electrons. The molecule has 1 heterocycles. The fourth-order valence-corrected chi connectivity index (χ4v) is 3.42. The highest BCUT2D eigenvalue weighted by atomic mass is 79.9. The molecule has 0 atom stereocenters. The molecule has 0 N–H and O–H groups in total. The molecule has 1 aromatic heterocycles. The van der Waals surface area contributed by atoms with E-state index in [0.29, 0.717) is 22.1 Å². The first-order valence-corrected chi connectivity index (χ1v) is 9.52. The van der Waals surface area contributed by atoms with Crippen LogP contribution in [-0.4, -0.2) is 5.78 Å². The van der Waals surface area contributed by atoms with Gasteiger partial charge in [-0.3, -0.25) is 4.79 Å². The summed E-state index contributed by atoms with van der Waals surface area (Å²) in [6, 6.07) is 23.8. The minimum Gasteiger partial charge on any atom is -0.422 e. The molecule has 0 saturated carbocycles. The standard InChI is InChI=1S/C24H15BrO3/c25-18-12-14-21-20(15-18)19(13-11-16-7-3-1-4-8-16)22(24(27)28-21)23(26)17-9-5-2-6-10-17/h1-15H/b13-11+. The van der Waals surface area contributed by atoms with Crippen LogP contribution in [0.4, 0.5) is 0 Å². The number of rotatable bonds is 4. The van der Waals surface area contributed by atoms with Gasteiger partial charge < -0.3 is 4.42 Å². The van der Waals surface area contributed by atoms with Crippen LogP contribution in [0.1, 0.15) is 27.0 Å². The number of hydrogen-bond donors (Lipinski definition) is 0. The number of halogens is 1. The molecule has 0 amide bonds. The molecule has 4 rings (SSSR count). The lowest BCUT2D eigenvalue weighted by atomic mass is 9.96. The fourth-order valence-electron chi connectivity index (χ4n) is 3.06. The summed E-state index contributed by atoms with van der Waals surface area (Å²) in [7, 11) is 0. The van der Waals surface area contributed by atoms with Crippen molar-refractivity contribution in [2.45, 2.75) is 0 Å². The molecule has 0 aliphatic carbocycles. The number of hydrogen-bond acceptors (Lipinski definition) is 3. The van der Waals surface area contributed by atoms with E-state index in [-0.39, 0.29) is 11.3 Å². The van der Waals surface area contributed by atoms with Crippen LogP contribution in [0.25, 0.3) is 23.1 Å². The molecular formula is C24H15BrO3. The molecule has 0 radical (unpaired) electrons. The van der Waals surface area contributed by atoms with Crippen molar-refractivity contribution in [3.8, 4) is 0 Å². The van der Waals surface area contributed by atoms with Crippen molar-refractivity contribution >= 4 is 44.8 Å². The summed E-state index contributed by atoms with van der Waals surface area (Å²) in [6.07, 6.45) is 3.69. The minimum absolute atomic E-state index is 0.0315. The Kier molecular flexibility index (Phi) is 5.04. The Morgan fingerprint density at radius 2 is 1.54 bits per heavy atom. The van der Waals surface area contributed by atoms with E-state index in [4.69, 9.17) is 4.42 Å².